The smallest absolute Gasteiger partial charge is 0.274 e. The Balaban J connectivity index is 1.89. The van der Waals surface area contributed by atoms with E-state index in [1.54, 1.807) is 16.7 Å². The second kappa shape index (κ2) is 5.29. The van der Waals surface area contributed by atoms with E-state index in [0.29, 0.717) is 18.7 Å². The normalized spacial score (nSPS) is 14.1. The number of benzene rings is 1. The van der Waals surface area contributed by atoms with Gasteiger partial charge in [0.05, 0.1) is 5.56 Å². The number of hydrogen-bond acceptors (Lipinski definition) is 3. The van der Waals surface area contributed by atoms with Crippen molar-refractivity contribution >= 4 is 11.7 Å². The molecular formula is C16H15FN2O3. The van der Waals surface area contributed by atoms with Crippen LogP contribution in [0.4, 0.5) is 4.39 Å². The van der Waals surface area contributed by atoms with Crippen LogP contribution in [0.2, 0.25) is 0 Å². The lowest BCUT2D eigenvalue weighted by molar-refractivity contribution is 0.0686. The zero-order valence-electron chi connectivity index (χ0n) is 12.0. The number of carbonyl (C=O) groups excluding carboxylic acids is 2. The van der Waals surface area contributed by atoms with E-state index in [2.05, 4.69) is 0 Å². The summed E-state index contributed by atoms with van der Waals surface area (Å²) in [5.41, 5.74) is 0.948. The summed E-state index contributed by atoms with van der Waals surface area (Å²) in [7, 11) is 0. The van der Waals surface area contributed by atoms with Crippen LogP contribution in [0, 0.1) is 5.82 Å². The first-order valence-corrected chi connectivity index (χ1v) is 6.94. The lowest BCUT2D eigenvalue weighted by Crippen LogP contribution is -2.39. The summed E-state index contributed by atoms with van der Waals surface area (Å²) in [5, 5.41) is 10.1. The minimum Gasteiger partial charge on any atom is -0.505 e. The summed E-state index contributed by atoms with van der Waals surface area (Å²) in [4.78, 5) is 25.5. The third-order valence-corrected chi connectivity index (χ3v) is 3.79. The molecule has 6 heteroatoms. The fourth-order valence-electron chi connectivity index (χ4n) is 2.69. The number of ketones is 1. The number of halogens is 1. The van der Waals surface area contributed by atoms with Crippen molar-refractivity contribution < 1.29 is 19.1 Å². The fourth-order valence-corrected chi connectivity index (χ4v) is 2.69. The van der Waals surface area contributed by atoms with E-state index in [1.807, 2.05) is 0 Å². The maximum absolute atomic E-state index is 13.2. The Morgan fingerprint density at radius 2 is 2.14 bits per heavy atom. The number of aromatic nitrogens is 1. The molecule has 0 fully saturated rings. The van der Waals surface area contributed by atoms with Crippen molar-refractivity contribution in [1.82, 2.24) is 9.47 Å². The molecule has 1 amide bonds. The van der Waals surface area contributed by atoms with E-state index in [1.165, 1.54) is 30.2 Å². The molecule has 0 spiro atoms. The Morgan fingerprint density at radius 1 is 1.36 bits per heavy atom. The second-order valence-electron chi connectivity index (χ2n) is 5.35. The quantitative estimate of drug-likeness (QED) is 0.884. The lowest BCUT2D eigenvalue weighted by atomic mass is 10.1. The highest BCUT2D eigenvalue weighted by Crippen LogP contribution is 2.29. The number of hydrogen-bond donors (Lipinski definition) is 1. The van der Waals surface area contributed by atoms with Crippen molar-refractivity contribution in [2.24, 2.45) is 0 Å². The van der Waals surface area contributed by atoms with Crippen LogP contribution in [0.3, 0.4) is 0 Å². The Morgan fingerprint density at radius 3 is 2.82 bits per heavy atom. The number of fused-ring (bicyclic) bond motifs is 1. The zero-order chi connectivity index (χ0) is 15.9. The van der Waals surface area contributed by atoms with E-state index in [0.717, 1.165) is 0 Å². The van der Waals surface area contributed by atoms with Gasteiger partial charge in [-0.2, -0.15) is 0 Å². The number of nitrogens with zero attached hydrogens (tertiary/aromatic N) is 2. The third kappa shape index (κ3) is 2.36. The van der Waals surface area contributed by atoms with Crippen LogP contribution >= 0.6 is 0 Å². The van der Waals surface area contributed by atoms with Gasteiger partial charge in [-0.25, -0.2) is 4.39 Å². The van der Waals surface area contributed by atoms with Crippen LogP contribution < -0.4 is 0 Å². The van der Waals surface area contributed by atoms with Crippen LogP contribution in [0.5, 0.6) is 5.75 Å². The molecular weight excluding hydrogens is 287 g/mol. The topological polar surface area (TPSA) is 62.5 Å². The predicted octanol–water partition coefficient (Wildman–Crippen LogP) is 2.19. The number of carbonyl (C=O) groups is 2. The zero-order valence-corrected chi connectivity index (χ0v) is 12.0. The summed E-state index contributed by atoms with van der Waals surface area (Å²) in [6.45, 7) is 2.53. The molecule has 1 aromatic heterocycles. The van der Waals surface area contributed by atoms with Gasteiger partial charge in [-0.05, 0) is 24.6 Å². The van der Waals surface area contributed by atoms with Gasteiger partial charge in [0, 0.05) is 25.8 Å². The first-order valence-electron chi connectivity index (χ1n) is 6.94. The molecule has 0 saturated carbocycles. The Kier molecular flexibility index (Phi) is 3.44. The third-order valence-electron chi connectivity index (χ3n) is 3.79. The molecule has 1 aromatic carbocycles. The maximum atomic E-state index is 13.2. The molecule has 3 rings (SSSR count). The summed E-state index contributed by atoms with van der Waals surface area (Å²) in [6.07, 6.45) is 1.50. The van der Waals surface area contributed by atoms with Crippen molar-refractivity contribution in [2.75, 3.05) is 6.54 Å². The molecule has 2 heterocycles. The molecule has 114 valence electrons. The minimum atomic E-state index is -0.361. The molecule has 0 unspecified atom stereocenters. The molecule has 5 nitrogen and oxygen atoms in total. The average molecular weight is 302 g/mol. The first kappa shape index (κ1) is 14.3. The molecule has 0 bridgehead atoms. The van der Waals surface area contributed by atoms with Crippen molar-refractivity contribution in [2.45, 2.75) is 20.0 Å². The average Bonchev–Trinajstić information content (AvgIpc) is 2.80. The Labute approximate surface area is 126 Å². The summed E-state index contributed by atoms with van der Waals surface area (Å²) >= 11 is 0. The summed E-state index contributed by atoms with van der Waals surface area (Å²) in [6, 6.07) is 6.05. The molecule has 0 aliphatic carbocycles. The molecule has 0 atom stereocenters. The van der Waals surface area contributed by atoms with Crippen LogP contribution in [-0.4, -0.2) is 32.8 Å². The molecule has 1 aliphatic heterocycles. The van der Waals surface area contributed by atoms with Gasteiger partial charge in [-0.3, -0.25) is 9.59 Å². The van der Waals surface area contributed by atoms with Crippen molar-refractivity contribution in [3.63, 3.8) is 0 Å². The van der Waals surface area contributed by atoms with E-state index in [4.69, 9.17) is 0 Å². The molecule has 0 radical (unpaired) electrons. The number of rotatable bonds is 3. The lowest BCUT2D eigenvalue weighted by Gasteiger charge is -2.28. The van der Waals surface area contributed by atoms with Crippen molar-refractivity contribution in [1.29, 1.82) is 0 Å². The summed E-state index contributed by atoms with van der Waals surface area (Å²) in [5.74, 6) is -1.28. The van der Waals surface area contributed by atoms with Gasteiger partial charge in [-0.15, -0.1) is 0 Å². The van der Waals surface area contributed by atoms with Gasteiger partial charge in [-0.1, -0.05) is 12.1 Å². The van der Waals surface area contributed by atoms with Crippen LogP contribution in [0.25, 0.3) is 0 Å². The molecule has 1 aliphatic rings. The molecule has 0 saturated heterocycles. The Hall–Kier alpha value is -2.63. The first-order chi connectivity index (χ1) is 10.5. The van der Waals surface area contributed by atoms with E-state index in [-0.39, 0.29) is 41.1 Å². The van der Waals surface area contributed by atoms with Crippen LogP contribution in [0.1, 0.15) is 33.3 Å². The molecule has 22 heavy (non-hydrogen) atoms. The number of Topliss-reactive ketones (excluding diaryl/α,β-unsaturated/α-hetero) is 1. The monoisotopic (exact) mass is 302 g/mol. The standard InChI is InChI=1S/C16H15FN2O3/c1-10(20)13-9-18-5-6-19(16(22)14(18)15(13)21)8-11-3-2-4-12(17)7-11/h2-4,7,9,21H,5-6,8H2,1H3. The van der Waals surface area contributed by atoms with Gasteiger partial charge in [0.25, 0.3) is 5.91 Å². The van der Waals surface area contributed by atoms with Gasteiger partial charge in [0.15, 0.2) is 11.5 Å². The highest BCUT2D eigenvalue weighted by Gasteiger charge is 2.30. The van der Waals surface area contributed by atoms with Crippen molar-refractivity contribution in [3.8, 4) is 5.75 Å². The highest BCUT2D eigenvalue weighted by atomic mass is 19.1. The minimum absolute atomic E-state index is 0.118. The SMILES string of the molecule is CC(=O)c1cn2c(c1O)C(=O)N(Cc1cccc(F)c1)CC2. The second-order valence-corrected chi connectivity index (χ2v) is 5.35. The largest absolute Gasteiger partial charge is 0.505 e. The van der Waals surface area contributed by atoms with Crippen molar-refractivity contribution in [3.05, 3.63) is 53.1 Å². The van der Waals surface area contributed by atoms with Crippen LogP contribution in [0.15, 0.2) is 30.5 Å². The molecule has 1 N–H and O–H groups in total. The van der Waals surface area contributed by atoms with E-state index >= 15 is 0 Å². The van der Waals surface area contributed by atoms with E-state index < -0.39 is 0 Å². The number of amides is 1. The maximum Gasteiger partial charge on any atom is 0.274 e. The van der Waals surface area contributed by atoms with Gasteiger partial charge < -0.3 is 14.6 Å². The van der Waals surface area contributed by atoms with Gasteiger partial charge in [0.1, 0.15) is 11.5 Å². The Bertz CT molecular complexity index is 767. The predicted molar refractivity (Wildman–Crippen MR) is 77.2 cm³/mol. The van der Waals surface area contributed by atoms with Gasteiger partial charge in [0.2, 0.25) is 0 Å². The highest BCUT2D eigenvalue weighted by molar-refractivity contribution is 6.03. The molecule has 2 aromatic rings. The summed E-state index contributed by atoms with van der Waals surface area (Å²) < 4.78 is 14.8. The van der Waals surface area contributed by atoms with Gasteiger partial charge >= 0.3 is 0 Å². The number of aromatic hydroxyl groups is 1. The van der Waals surface area contributed by atoms with E-state index in [9.17, 15) is 19.1 Å². The van der Waals surface area contributed by atoms with Crippen LogP contribution in [-0.2, 0) is 13.1 Å². The fraction of sp³-hybridized carbons (Fsp3) is 0.250.